The quantitative estimate of drug-likeness (QED) is 0.761. The molecule has 3 fully saturated rings. The van der Waals surface area contributed by atoms with Crippen molar-refractivity contribution >= 4 is 22.0 Å². The number of nitrogens with zero attached hydrogens (tertiary/aromatic N) is 1. The third kappa shape index (κ3) is 2.24. The molecule has 5 heteroatoms. The van der Waals surface area contributed by atoms with Gasteiger partial charge in [0, 0.05) is 11.5 Å². The molecule has 0 unspecified atom stereocenters. The normalized spacial score (nSPS) is 34.6. The highest BCUT2D eigenvalue weighted by Crippen LogP contribution is 2.69. The van der Waals surface area contributed by atoms with Gasteiger partial charge in [0.05, 0.1) is 11.8 Å². The van der Waals surface area contributed by atoms with Crippen LogP contribution in [0.1, 0.15) is 44.2 Å². The van der Waals surface area contributed by atoms with Gasteiger partial charge in [-0.3, -0.25) is 4.79 Å². The van der Waals surface area contributed by atoms with Crippen molar-refractivity contribution in [2.75, 3.05) is 5.75 Å². The number of fused-ring (bicyclic) bond motifs is 1. The first-order valence-electron chi connectivity index (χ1n) is 8.98. The highest BCUT2D eigenvalue weighted by atomic mass is 32.2. The van der Waals surface area contributed by atoms with Crippen LogP contribution in [0.2, 0.25) is 0 Å². The first-order chi connectivity index (χ1) is 11.7. The van der Waals surface area contributed by atoms with Gasteiger partial charge < -0.3 is 0 Å². The zero-order valence-electron chi connectivity index (χ0n) is 15.0. The molecule has 0 aromatic heterocycles. The van der Waals surface area contributed by atoms with Crippen LogP contribution in [-0.4, -0.2) is 30.4 Å². The van der Waals surface area contributed by atoms with Crippen molar-refractivity contribution in [1.29, 1.82) is 0 Å². The number of hydrogen-bond donors (Lipinski definition) is 0. The van der Waals surface area contributed by atoms with Gasteiger partial charge in [-0.15, -0.1) is 0 Å². The Morgan fingerprint density at radius 1 is 1.24 bits per heavy atom. The molecule has 4 nitrogen and oxygen atoms in total. The lowest BCUT2D eigenvalue weighted by Crippen LogP contribution is -2.43. The predicted molar refractivity (Wildman–Crippen MR) is 98.2 cm³/mol. The molecule has 1 spiro atoms. The lowest BCUT2D eigenvalue weighted by atomic mass is 9.69. The van der Waals surface area contributed by atoms with Gasteiger partial charge in [-0.1, -0.05) is 43.7 Å². The van der Waals surface area contributed by atoms with Crippen LogP contribution in [0.15, 0.2) is 30.3 Å². The number of amides is 1. The lowest BCUT2D eigenvalue weighted by molar-refractivity contribution is -0.123. The minimum atomic E-state index is -3.54. The second kappa shape index (κ2) is 5.19. The van der Waals surface area contributed by atoms with E-state index in [1.54, 1.807) is 6.08 Å². The van der Waals surface area contributed by atoms with E-state index in [9.17, 15) is 13.2 Å². The third-order valence-electron chi connectivity index (χ3n) is 7.12. The molecular weight excluding hydrogens is 334 g/mol. The molecule has 3 atom stereocenters. The Bertz CT molecular complexity index is 853. The molecule has 1 aliphatic heterocycles. The lowest BCUT2D eigenvalue weighted by Gasteiger charge is -2.36. The Labute approximate surface area is 150 Å². The second-order valence-corrected chi connectivity index (χ2v) is 10.3. The Kier molecular flexibility index (Phi) is 3.50. The van der Waals surface area contributed by atoms with Gasteiger partial charge in [0.2, 0.25) is 10.0 Å². The number of hydrogen-bond acceptors (Lipinski definition) is 3. The van der Waals surface area contributed by atoms with Gasteiger partial charge in [0.15, 0.2) is 0 Å². The van der Waals surface area contributed by atoms with Gasteiger partial charge in [-0.2, -0.15) is 0 Å². The number of rotatable bonds is 2. The molecule has 1 amide bonds. The van der Waals surface area contributed by atoms with Crippen LogP contribution >= 0.6 is 0 Å². The standard InChI is InChI=1S/C20H25NO3S/c1-14-4-6-15(7-5-14)8-9-18(22)21-17-12-16-10-11-20(17,19(16,2)3)13-25(21,23)24/h4-9,16-17H,10-13H2,1-3H3/b9-8+/t16-,17-,20-/m1/s1. The molecule has 25 heavy (non-hydrogen) atoms. The van der Waals surface area contributed by atoms with Crippen molar-refractivity contribution in [2.24, 2.45) is 16.7 Å². The topological polar surface area (TPSA) is 54.5 Å². The minimum Gasteiger partial charge on any atom is -0.269 e. The fourth-order valence-corrected chi connectivity index (χ4v) is 8.01. The predicted octanol–water partition coefficient (Wildman–Crippen LogP) is 3.38. The highest BCUT2D eigenvalue weighted by molar-refractivity contribution is 7.90. The van der Waals surface area contributed by atoms with E-state index in [2.05, 4.69) is 13.8 Å². The van der Waals surface area contributed by atoms with Crippen LogP contribution < -0.4 is 0 Å². The van der Waals surface area contributed by atoms with Crippen molar-refractivity contribution in [1.82, 2.24) is 4.31 Å². The molecule has 1 saturated heterocycles. The van der Waals surface area contributed by atoms with E-state index in [0.717, 1.165) is 30.4 Å². The Balaban J connectivity index is 1.64. The summed E-state index contributed by atoms with van der Waals surface area (Å²) in [5.41, 5.74) is 1.78. The SMILES string of the molecule is Cc1ccc(/C=C/C(=O)N2[C@@H]3C[C@H]4CC[C@]3(CS2(=O)=O)C4(C)C)cc1. The Morgan fingerprint density at radius 3 is 2.56 bits per heavy atom. The number of sulfonamides is 1. The number of benzene rings is 1. The second-order valence-electron chi connectivity index (χ2n) is 8.50. The van der Waals surface area contributed by atoms with Gasteiger partial charge in [0.25, 0.3) is 5.91 Å². The van der Waals surface area contributed by atoms with Crippen molar-refractivity contribution in [3.8, 4) is 0 Å². The molecule has 1 aromatic carbocycles. The number of carbonyl (C=O) groups is 1. The fourth-order valence-electron chi connectivity index (χ4n) is 5.50. The summed E-state index contributed by atoms with van der Waals surface area (Å²) in [6.45, 7) is 6.39. The zero-order chi connectivity index (χ0) is 18.0. The summed E-state index contributed by atoms with van der Waals surface area (Å²) in [5.74, 6) is 0.244. The Hall–Kier alpha value is -1.62. The maximum atomic E-state index is 12.8. The molecule has 2 saturated carbocycles. The van der Waals surface area contributed by atoms with E-state index in [1.807, 2.05) is 31.2 Å². The van der Waals surface area contributed by atoms with Crippen LogP contribution in [0.3, 0.4) is 0 Å². The van der Waals surface area contributed by atoms with Gasteiger partial charge in [-0.05, 0) is 49.2 Å². The molecule has 1 aromatic rings. The van der Waals surface area contributed by atoms with E-state index in [4.69, 9.17) is 0 Å². The fraction of sp³-hybridized carbons (Fsp3) is 0.550. The van der Waals surface area contributed by atoms with E-state index in [1.165, 1.54) is 10.4 Å². The van der Waals surface area contributed by atoms with Crippen LogP contribution in [0.4, 0.5) is 0 Å². The first-order valence-corrected chi connectivity index (χ1v) is 10.6. The van der Waals surface area contributed by atoms with Crippen LogP contribution in [0.5, 0.6) is 0 Å². The van der Waals surface area contributed by atoms with Crippen molar-refractivity contribution in [2.45, 2.75) is 46.1 Å². The first kappa shape index (κ1) is 16.8. The maximum Gasteiger partial charge on any atom is 0.260 e. The minimum absolute atomic E-state index is 0.0135. The van der Waals surface area contributed by atoms with E-state index in [0.29, 0.717) is 5.92 Å². The molecule has 134 valence electrons. The van der Waals surface area contributed by atoms with Gasteiger partial charge in [-0.25, -0.2) is 12.7 Å². The van der Waals surface area contributed by atoms with Crippen LogP contribution in [0, 0.1) is 23.7 Å². The zero-order valence-corrected chi connectivity index (χ0v) is 15.8. The Morgan fingerprint density at radius 2 is 1.92 bits per heavy atom. The van der Waals surface area contributed by atoms with Gasteiger partial charge >= 0.3 is 0 Å². The van der Waals surface area contributed by atoms with Crippen molar-refractivity contribution in [3.63, 3.8) is 0 Å². The molecule has 0 radical (unpaired) electrons. The number of aryl methyl sites for hydroxylation is 1. The summed E-state index contributed by atoms with van der Waals surface area (Å²) in [4.78, 5) is 12.8. The molecule has 0 N–H and O–H groups in total. The van der Waals surface area contributed by atoms with Crippen molar-refractivity contribution in [3.05, 3.63) is 41.5 Å². The summed E-state index contributed by atoms with van der Waals surface area (Å²) < 4.78 is 26.8. The van der Waals surface area contributed by atoms with E-state index in [-0.39, 0.29) is 22.6 Å². The van der Waals surface area contributed by atoms with E-state index >= 15 is 0 Å². The smallest absolute Gasteiger partial charge is 0.260 e. The third-order valence-corrected chi connectivity index (χ3v) is 9.04. The summed E-state index contributed by atoms with van der Waals surface area (Å²) >= 11 is 0. The van der Waals surface area contributed by atoms with Crippen molar-refractivity contribution < 1.29 is 13.2 Å². The maximum absolute atomic E-state index is 12.8. The molecule has 1 heterocycles. The highest BCUT2D eigenvalue weighted by Gasteiger charge is 2.72. The molecule has 3 aliphatic rings. The number of carbonyl (C=O) groups excluding carboxylic acids is 1. The summed E-state index contributed by atoms with van der Waals surface area (Å²) in [6.07, 6.45) is 5.94. The van der Waals surface area contributed by atoms with Crippen LogP contribution in [-0.2, 0) is 14.8 Å². The molecule has 2 aliphatic carbocycles. The monoisotopic (exact) mass is 359 g/mol. The largest absolute Gasteiger partial charge is 0.269 e. The van der Waals surface area contributed by atoms with Gasteiger partial charge in [0.1, 0.15) is 0 Å². The average molecular weight is 359 g/mol. The van der Waals surface area contributed by atoms with Crippen LogP contribution in [0.25, 0.3) is 6.08 Å². The summed E-state index contributed by atoms with van der Waals surface area (Å²) in [6, 6.07) is 7.65. The molecular formula is C20H25NO3S. The summed E-state index contributed by atoms with van der Waals surface area (Å²) in [7, 11) is -3.54. The summed E-state index contributed by atoms with van der Waals surface area (Å²) in [5, 5.41) is 0. The molecule has 4 rings (SSSR count). The average Bonchev–Trinajstić information content (AvgIpc) is 3.01. The molecule has 2 bridgehead atoms. The van der Waals surface area contributed by atoms with E-state index < -0.39 is 15.9 Å².